The van der Waals surface area contributed by atoms with Gasteiger partial charge in [-0.3, -0.25) is 4.79 Å². The van der Waals surface area contributed by atoms with E-state index in [1.54, 1.807) is 64.7 Å². The average molecular weight is 488 g/mol. The molecule has 0 saturated carbocycles. The van der Waals surface area contributed by atoms with Crippen LogP contribution in [0.2, 0.25) is 0 Å². The van der Waals surface area contributed by atoms with Gasteiger partial charge >= 0.3 is 0 Å². The number of nitrogens with zero attached hydrogens (tertiary/aromatic N) is 1. The van der Waals surface area contributed by atoms with Crippen molar-refractivity contribution in [2.24, 2.45) is 0 Å². The van der Waals surface area contributed by atoms with Gasteiger partial charge in [-0.05, 0) is 67.8 Å². The number of ether oxygens (including phenoxy) is 3. The Morgan fingerprint density at radius 2 is 1.65 bits per heavy atom. The molecule has 0 fully saturated rings. The summed E-state index contributed by atoms with van der Waals surface area (Å²) in [5.74, 6) is 1.60. The first-order valence-corrected chi connectivity index (χ1v) is 12.6. The lowest BCUT2D eigenvalue weighted by Crippen LogP contribution is -2.18. The van der Waals surface area contributed by atoms with Crippen molar-refractivity contribution in [3.05, 3.63) is 59.5 Å². The topological polar surface area (TPSA) is 105 Å². The maximum Gasteiger partial charge on any atom is 0.226 e. The number of Topliss-reactive ketones (excluding diaryl/α,β-unsaturated/α-hetero) is 1. The Balaban J connectivity index is 1.58. The number of aromatic nitrogens is 1. The third kappa shape index (κ3) is 6.60. The number of hydrogen-bond acceptors (Lipinski definition) is 8. The molecule has 0 aliphatic rings. The number of aryl methyl sites for hydroxylation is 2. The molecular formula is C25H29NO7S. The van der Waals surface area contributed by atoms with E-state index in [1.165, 1.54) is 0 Å². The molecule has 0 unspecified atom stereocenters. The molecule has 0 atom stereocenters. The van der Waals surface area contributed by atoms with E-state index >= 15 is 0 Å². The monoisotopic (exact) mass is 487 g/mol. The second-order valence-electron chi connectivity index (χ2n) is 7.85. The van der Waals surface area contributed by atoms with Crippen LogP contribution in [-0.2, 0) is 26.8 Å². The first kappa shape index (κ1) is 25.3. The average Bonchev–Trinajstić information content (AvgIpc) is 3.17. The summed E-state index contributed by atoms with van der Waals surface area (Å²) in [4.78, 5) is 16.7. The van der Waals surface area contributed by atoms with Crippen molar-refractivity contribution < 1.29 is 31.8 Å². The van der Waals surface area contributed by atoms with Gasteiger partial charge < -0.3 is 18.6 Å². The van der Waals surface area contributed by atoms with Crippen molar-refractivity contribution >= 4 is 15.6 Å². The molecule has 0 radical (unpaired) electrons. The standard InChI is InChI=1S/C25H29NO7S/c1-17-23(26-25(33-17)18-8-10-21(30-2)11-9-18)16-34(28,29)15-20(27)7-5-6-19-14-22(31-3)12-13-24(19)32-4/h8-14H,5-7,15-16H2,1-4H3. The second-order valence-corrected chi connectivity index (χ2v) is 9.92. The molecule has 3 rings (SSSR count). The van der Waals surface area contributed by atoms with Crippen molar-refractivity contribution in [3.8, 4) is 28.7 Å². The van der Waals surface area contributed by atoms with Gasteiger partial charge in [-0.2, -0.15) is 0 Å². The minimum Gasteiger partial charge on any atom is -0.497 e. The Morgan fingerprint density at radius 1 is 0.971 bits per heavy atom. The lowest BCUT2D eigenvalue weighted by Gasteiger charge is -2.10. The fourth-order valence-corrected chi connectivity index (χ4v) is 4.97. The Bertz CT molecular complexity index is 1230. The molecule has 1 heterocycles. The summed E-state index contributed by atoms with van der Waals surface area (Å²) in [6.07, 6.45) is 1.22. The van der Waals surface area contributed by atoms with E-state index < -0.39 is 15.6 Å². The van der Waals surface area contributed by atoms with Gasteiger partial charge in [-0.25, -0.2) is 13.4 Å². The fraction of sp³-hybridized carbons (Fsp3) is 0.360. The van der Waals surface area contributed by atoms with Crippen LogP contribution < -0.4 is 14.2 Å². The zero-order chi connectivity index (χ0) is 24.7. The predicted molar refractivity (Wildman–Crippen MR) is 128 cm³/mol. The van der Waals surface area contributed by atoms with E-state index in [1.807, 2.05) is 6.07 Å². The highest BCUT2D eigenvalue weighted by atomic mass is 32.2. The van der Waals surface area contributed by atoms with Crippen LogP contribution in [0.15, 0.2) is 46.9 Å². The second kappa shape index (κ2) is 11.2. The number of sulfone groups is 1. The molecular weight excluding hydrogens is 458 g/mol. The van der Waals surface area contributed by atoms with Crippen LogP contribution in [0.4, 0.5) is 0 Å². The van der Waals surface area contributed by atoms with E-state index in [0.29, 0.717) is 53.0 Å². The van der Waals surface area contributed by atoms with Gasteiger partial charge in [0.2, 0.25) is 5.89 Å². The van der Waals surface area contributed by atoms with E-state index in [4.69, 9.17) is 18.6 Å². The Hall–Kier alpha value is -3.33. The Kier molecular flexibility index (Phi) is 8.33. The van der Waals surface area contributed by atoms with E-state index in [9.17, 15) is 13.2 Å². The van der Waals surface area contributed by atoms with Crippen molar-refractivity contribution in [2.45, 2.75) is 31.9 Å². The van der Waals surface area contributed by atoms with Gasteiger partial charge in [0.15, 0.2) is 9.84 Å². The molecule has 9 heteroatoms. The Labute approximate surface area is 199 Å². The number of rotatable bonds is 12. The predicted octanol–water partition coefficient (Wildman–Crippen LogP) is 4.18. The molecule has 0 aliphatic heterocycles. The highest BCUT2D eigenvalue weighted by molar-refractivity contribution is 7.91. The smallest absolute Gasteiger partial charge is 0.226 e. The van der Waals surface area contributed by atoms with Crippen molar-refractivity contribution in [2.75, 3.05) is 27.1 Å². The maximum absolute atomic E-state index is 12.7. The lowest BCUT2D eigenvalue weighted by molar-refractivity contribution is -0.116. The molecule has 182 valence electrons. The minimum absolute atomic E-state index is 0.147. The molecule has 0 saturated heterocycles. The summed E-state index contributed by atoms with van der Waals surface area (Å²) in [5, 5.41) is 0. The van der Waals surface area contributed by atoms with E-state index in [2.05, 4.69) is 4.98 Å². The SMILES string of the molecule is COc1ccc(-c2nc(CS(=O)(=O)CC(=O)CCCc3cc(OC)ccc3OC)c(C)o2)cc1. The summed E-state index contributed by atoms with van der Waals surface area (Å²) in [6, 6.07) is 12.6. The number of carbonyl (C=O) groups is 1. The first-order chi connectivity index (χ1) is 16.2. The van der Waals surface area contributed by atoms with Crippen molar-refractivity contribution in [1.29, 1.82) is 0 Å². The fourth-order valence-electron chi connectivity index (χ4n) is 3.55. The molecule has 2 aromatic carbocycles. The summed E-state index contributed by atoms with van der Waals surface area (Å²) in [5.41, 5.74) is 1.91. The van der Waals surface area contributed by atoms with Crippen LogP contribution in [0.25, 0.3) is 11.5 Å². The molecule has 0 amide bonds. The summed E-state index contributed by atoms with van der Waals surface area (Å²) < 4.78 is 46.7. The molecule has 3 aromatic rings. The lowest BCUT2D eigenvalue weighted by atomic mass is 10.1. The first-order valence-electron chi connectivity index (χ1n) is 10.8. The third-order valence-corrected chi connectivity index (χ3v) is 6.83. The largest absolute Gasteiger partial charge is 0.497 e. The van der Waals surface area contributed by atoms with E-state index in [-0.39, 0.29) is 18.0 Å². The van der Waals surface area contributed by atoms with Crippen LogP contribution in [0.1, 0.15) is 29.9 Å². The van der Waals surface area contributed by atoms with Gasteiger partial charge in [-0.15, -0.1) is 0 Å². The normalized spacial score (nSPS) is 11.3. The quantitative estimate of drug-likeness (QED) is 0.375. The zero-order valence-electron chi connectivity index (χ0n) is 19.8. The van der Waals surface area contributed by atoms with Crippen LogP contribution in [0, 0.1) is 6.92 Å². The number of ketones is 1. The molecule has 0 N–H and O–H groups in total. The molecule has 0 spiro atoms. The number of methoxy groups -OCH3 is 3. The summed E-state index contributed by atoms with van der Waals surface area (Å²) in [7, 11) is 1.04. The molecule has 34 heavy (non-hydrogen) atoms. The van der Waals surface area contributed by atoms with Gasteiger partial charge in [0.25, 0.3) is 0 Å². The molecule has 1 aromatic heterocycles. The van der Waals surface area contributed by atoms with Crippen LogP contribution in [-0.4, -0.2) is 46.3 Å². The summed E-state index contributed by atoms with van der Waals surface area (Å²) in [6.45, 7) is 1.66. The number of oxazole rings is 1. The number of hydrogen-bond donors (Lipinski definition) is 0. The summed E-state index contributed by atoms with van der Waals surface area (Å²) >= 11 is 0. The number of benzene rings is 2. The van der Waals surface area contributed by atoms with Gasteiger partial charge in [-0.1, -0.05) is 0 Å². The molecule has 8 nitrogen and oxygen atoms in total. The van der Waals surface area contributed by atoms with Gasteiger partial charge in [0.1, 0.15) is 34.5 Å². The third-order valence-electron chi connectivity index (χ3n) is 5.36. The number of carbonyl (C=O) groups excluding carboxylic acids is 1. The van der Waals surface area contributed by atoms with Crippen LogP contribution >= 0.6 is 0 Å². The highest BCUT2D eigenvalue weighted by Crippen LogP contribution is 2.26. The zero-order valence-corrected chi connectivity index (χ0v) is 20.6. The van der Waals surface area contributed by atoms with Gasteiger partial charge in [0.05, 0.1) is 32.8 Å². The van der Waals surface area contributed by atoms with E-state index in [0.717, 1.165) is 5.56 Å². The van der Waals surface area contributed by atoms with Crippen LogP contribution in [0.3, 0.4) is 0 Å². The molecule has 0 bridgehead atoms. The molecule has 0 aliphatic carbocycles. The maximum atomic E-state index is 12.7. The van der Waals surface area contributed by atoms with Crippen molar-refractivity contribution in [3.63, 3.8) is 0 Å². The van der Waals surface area contributed by atoms with Crippen LogP contribution in [0.5, 0.6) is 17.2 Å². The minimum atomic E-state index is -3.69. The highest BCUT2D eigenvalue weighted by Gasteiger charge is 2.22. The Morgan fingerprint density at radius 3 is 2.29 bits per heavy atom. The van der Waals surface area contributed by atoms with Crippen molar-refractivity contribution in [1.82, 2.24) is 4.98 Å². The van der Waals surface area contributed by atoms with Gasteiger partial charge in [0, 0.05) is 12.0 Å².